The number of nitrogens with zero attached hydrogens (tertiary/aromatic N) is 3. The molecule has 1 aromatic carbocycles. The molecule has 7 nitrogen and oxygen atoms in total. The van der Waals surface area contributed by atoms with Gasteiger partial charge in [0.05, 0.1) is 5.56 Å². The van der Waals surface area contributed by atoms with E-state index >= 15 is 0 Å². The number of rotatable bonds is 2. The number of pyridine rings is 1. The summed E-state index contributed by atoms with van der Waals surface area (Å²) in [5, 5.41) is 21.3. The van der Waals surface area contributed by atoms with E-state index in [9.17, 15) is 33.0 Å². The van der Waals surface area contributed by atoms with Crippen molar-refractivity contribution < 1.29 is 33.0 Å². The first kappa shape index (κ1) is 23.5. The number of aliphatic hydroxyl groups is 2. The Bertz CT molecular complexity index is 1110. The van der Waals surface area contributed by atoms with Crippen LogP contribution in [0.2, 0.25) is 5.02 Å². The van der Waals surface area contributed by atoms with E-state index in [-0.39, 0.29) is 12.2 Å². The molecule has 2 aliphatic rings. The summed E-state index contributed by atoms with van der Waals surface area (Å²) in [5.74, 6) is -2.31. The lowest BCUT2D eigenvalue weighted by atomic mass is 10.1. The van der Waals surface area contributed by atoms with Gasteiger partial charge in [0.2, 0.25) is 0 Å². The number of anilines is 2. The molecule has 0 aliphatic carbocycles. The van der Waals surface area contributed by atoms with Gasteiger partial charge in [0.25, 0.3) is 11.8 Å². The molecular weight excluding hydrogens is 463 g/mol. The zero-order chi connectivity index (χ0) is 24.1. The summed E-state index contributed by atoms with van der Waals surface area (Å²) in [7, 11) is 0. The van der Waals surface area contributed by atoms with Crippen LogP contribution in [0.5, 0.6) is 0 Å². The van der Waals surface area contributed by atoms with Gasteiger partial charge in [0.15, 0.2) is 6.10 Å². The molecule has 0 radical (unpaired) electrons. The molecule has 1 saturated heterocycles. The third kappa shape index (κ3) is 4.18. The predicted octanol–water partition coefficient (Wildman–Crippen LogP) is 2.87. The van der Waals surface area contributed by atoms with Gasteiger partial charge in [-0.05, 0) is 56.0 Å². The number of aryl methyl sites for hydroxylation is 1. The number of hydrogen-bond donors (Lipinski definition) is 2. The lowest BCUT2D eigenvalue weighted by Crippen LogP contribution is -2.52. The third-order valence-electron chi connectivity index (χ3n) is 5.89. The topological polar surface area (TPSA) is 94.0 Å². The van der Waals surface area contributed by atoms with Crippen LogP contribution in [-0.4, -0.2) is 51.8 Å². The van der Waals surface area contributed by atoms with Crippen LogP contribution in [0.3, 0.4) is 0 Å². The average molecular weight is 484 g/mol. The number of fused-ring (bicyclic) bond motifs is 1. The number of halogens is 4. The van der Waals surface area contributed by atoms with Crippen molar-refractivity contribution in [2.45, 2.75) is 50.6 Å². The normalized spacial score (nSPS) is 23.5. The number of benzene rings is 1. The molecule has 2 N–H and O–H groups in total. The molecule has 33 heavy (non-hydrogen) atoms. The molecule has 2 aliphatic heterocycles. The van der Waals surface area contributed by atoms with Crippen molar-refractivity contribution in [3.8, 4) is 0 Å². The van der Waals surface area contributed by atoms with Crippen LogP contribution < -0.4 is 9.80 Å². The van der Waals surface area contributed by atoms with Crippen LogP contribution in [0.4, 0.5) is 24.7 Å². The fraction of sp³-hybridized carbons (Fsp3) is 0.409. The number of carbonyl (C=O) groups excluding carboxylic acids is 2. The molecule has 176 valence electrons. The van der Waals surface area contributed by atoms with Gasteiger partial charge >= 0.3 is 6.18 Å². The largest absolute Gasteiger partial charge is 0.416 e. The van der Waals surface area contributed by atoms with E-state index in [1.165, 1.54) is 11.8 Å². The van der Waals surface area contributed by atoms with Gasteiger partial charge in [-0.3, -0.25) is 14.5 Å². The lowest BCUT2D eigenvalue weighted by molar-refractivity contribution is -0.137. The maximum atomic E-state index is 13.6. The number of hydrogen-bond acceptors (Lipinski definition) is 5. The Morgan fingerprint density at radius 1 is 1.21 bits per heavy atom. The standard InChI is InChI=1S/C22H21ClF3N3O4/c1-11-9-12(22(24,25)26)10-16(27-11)29-17(18(30)19(31)21(29)33)20(32)28-8-3-2-5-13-14(23)6-4-7-15(13)28/h4,6-7,9-10,17-19,30-31H,2-3,5,8H2,1H3/t17-,18-,19-/m0/s1. The van der Waals surface area contributed by atoms with Crippen LogP contribution in [0.1, 0.15) is 29.7 Å². The Kier molecular flexibility index (Phi) is 6.10. The molecule has 3 atom stereocenters. The summed E-state index contributed by atoms with van der Waals surface area (Å²) in [4.78, 5) is 32.4. The minimum atomic E-state index is -4.72. The van der Waals surface area contributed by atoms with Crippen molar-refractivity contribution in [1.29, 1.82) is 0 Å². The Hall–Kier alpha value is -2.69. The van der Waals surface area contributed by atoms with Crippen molar-refractivity contribution in [2.24, 2.45) is 0 Å². The van der Waals surface area contributed by atoms with Crippen molar-refractivity contribution in [3.63, 3.8) is 0 Å². The van der Waals surface area contributed by atoms with Gasteiger partial charge in [0.1, 0.15) is 18.0 Å². The first-order valence-electron chi connectivity index (χ1n) is 10.3. The molecule has 11 heteroatoms. The van der Waals surface area contributed by atoms with Crippen LogP contribution in [0.15, 0.2) is 30.3 Å². The molecule has 1 aromatic heterocycles. The highest BCUT2D eigenvalue weighted by molar-refractivity contribution is 6.32. The summed E-state index contributed by atoms with van der Waals surface area (Å²) in [6, 6.07) is 4.80. The van der Waals surface area contributed by atoms with Crippen LogP contribution in [-0.2, 0) is 22.2 Å². The van der Waals surface area contributed by atoms with Gasteiger partial charge < -0.3 is 15.1 Å². The predicted molar refractivity (Wildman–Crippen MR) is 114 cm³/mol. The summed E-state index contributed by atoms with van der Waals surface area (Å²) >= 11 is 6.31. The molecule has 0 unspecified atom stereocenters. The summed E-state index contributed by atoms with van der Waals surface area (Å²) in [6.45, 7) is 1.57. The van der Waals surface area contributed by atoms with E-state index in [1.54, 1.807) is 18.2 Å². The number of aliphatic hydroxyl groups excluding tert-OH is 2. The fourth-order valence-corrected chi connectivity index (χ4v) is 4.59. The Labute approximate surface area is 192 Å². The van der Waals surface area contributed by atoms with Crippen molar-refractivity contribution in [1.82, 2.24) is 4.98 Å². The van der Waals surface area contributed by atoms with E-state index in [4.69, 9.17) is 11.6 Å². The molecule has 0 bridgehead atoms. The molecule has 1 fully saturated rings. The highest BCUT2D eigenvalue weighted by Gasteiger charge is 2.53. The summed E-state index contributed by atoms with van der Waals surface area (Å²) < 4.78 is 40.1. The Morgan fingerprint density at radius 3 is 2.64 bits per heavy atom. The molecule has 2 amide bonds. The summed E-state index contributed by atoms with van der Waals surface area (Å²) in [6.07, 6.45) is -6.59. The second-order valence-electron chi connectivity index (χ2n) is 8.13. The van der Waals surface area contributed by atoms with Gasteiger partial charge in [-0.2, -0.15) is 13.2 Å². The SMILES string of the molecule is Cc1cc(C(F)(F)F)cc(N2C(=O)[C@@H](O)[C@@H](O)[C@H]2C(=O)N2CCCCc3c(Cl)cccc32)n1. The molecule has 0 spiro atoms. The van der Waals surface area contributed by atoms with Gasteiger partial charge in [-0.1, -0.05) is 17.7 Å². The second kappa shape index (κ2) is 8.58. The zero-order valence-electron chi connectivity index (χ0n) is 17.5. The van der Waals surface area contributed by atoms with Crippen molar-refractivity contribution >= 4 is 34.9 Å². The average Bonchev–Trinajstić information content (AvgIpc) is 2.89. The maximum Gasteiger partial charge on any atom is 0.416 e. The Morgan fingerprint density at radius 2 is 1.94 bits per heavy atom. The first-order valence-corrected chi connectivity index (χ1v) is 10.7. The molecule has 4 rings (SSSR count). The van der Waals surface area contributed by atoms with Gasteiger partial charge in [-0.15, -0.1) is 0 Å². The van der Waals surface area contributed by atoms with Crippen molar-refractivity contribution in [2.75, 3.05) is 16.3 Å². The first-order chi connectivity index (χ1) is 15.5. The number of alkyl halides is 3. The van der Waals surface area contributed by atoms with Crippen LogP contribution in [0, 0.1) is 6.92 Å². The van der Waals surface area contributed by atoms with Crippen molar-refractivity contribution in [3.05, 3.63) is 52.2 Å². The second-order valence-corrected chi connectivity index (χ2v) is 8.53. The van der Waals surface area contributed by atoms with E-state index in [0.717, 1.165) is 18.1 Å². The molecule has 3 heterocycles. The monoisotopic (exact) mass is 483 g/mol. The maximum absolute atomic E-state index is 13.6. The smallest absolute Gasteiger partial charge is 0.387 e. The van der Waals surface area contributed by atoms with E-state index in [2.05, 4.69) is 4.98 Å². The highest BCUT2D eigenvalue weighted by atomic mass is 35.5. The quantitative estimate of drug-likeness (QED) is 0.685. The minimum Gasteiger partial charge on any atom is -0.387 e. The molecule has 0 saturated carbocycles. The number of amides is 2. The van der Waals surface area contributed by atoms with E-state index in [1.807, 2.05) is 0 Å². The van der Waals surface area contributed by atoms with Gasteiger partial charge in [0, 0.05) is 22.9 Å². The summed E-state index contributed by atoms with van der Waals surface area (Å²) in [5.41, 5.74) is 0.122. The Balaban J connectivity index is 1.80. The number of aromatic nitrogens is 1. The van der Waals surface area contributed by atoms with E-state index in [0.29, 0.717) is 34.5 Å². The minimum absolute atomic E-state index is 0.0402. The van der Waals surface area contributed by atoms with Crippen LogP contribution >= 0.6 is 11.6 Å². The zero-order valence-corrected chi connectivity index (χ0v) is 18.3. The molecular formula is C22H21ClF3N3O4. The lowest BCUT2D eigenvalue weighted by Gasteiger charge is -2.31. The highest BCUT2D eigenvalue weighted by Crippen LogP contribution is 2.37. The fourth-order valence-electron chi connectivity index (χ4n) is 4.33. The van der Waals surface area contributed by atoms with Crippen LogP contribution in [0.25, 0.3) is 0 Å². The third-order valence-corrected chi connectivity index (χ3v) is 6.25. The van der Waals surface area contributed by atoms with Gasteiger partial charge in [-0.25, -0.2) is 4.98 Å². The molecule has 2 aromatic rings. The van der Waals surface area contributed by atoms with E-state index < -0.39 is 47.6 Å². The number of carbonyl (C=O) groups is 2.